The predicted molar refractivity (Wildman–Crippen MR) is 58.0 cm³/mol. The zero-order valence-corrected chi connectivity index (χ0v) is 8.89. The minimum absolute atomic E-state index is 0.0694. The number of ether oxygens (including phenoxy) is 1. The van der Waals surface area contributed by atoms with Crippen LogP contribution < -0.4 is 4.90 Å². The van der Waals surface area contributed by atoms with E-state index in [-0.39, 0.29) is 12.7 Å². The van der Waals surface area contributed by atoms with Gasteiger partial charge in [0, 0.05) is 18.8 Å². The predicted octanol–water partition coefficient (Wildman–Crippen LogP) is 0.588. The lowest BCUT2D eigenvalue weighted by Gasteiger charge is -2.33. The van der Waals surface area contributed by atoms with Crippen molar-refractivity contribution >= 4 is 5.69 Å². The van der Waals surface area contributed by atoms with E-state index in [1.165, 1.54) is 0 Å². The first-order valence-electron chi connectivity index (χ1n) is 5.19. The van der Waals surface area contributed by atoms with E-state index >= 15 is 0 Å². The molecule has 1 atom stereocenters. The van der Waals surface area contributed by atoms with Crippen LogP contribution in [0, 0.1) is 6.92 Å². The molecule has 2 rings (SSSR count). The van der Waals surface area contributed by atoms with Crippen molar-refractivity contribution in [3.05, 3.63) is 24.0 Å². The van der Waals surface area contributed by atoms with Crippen LogP contribution in [-0.2, 0) is 4.74 Å². The first kappa shape index (κ1) is 10.4. The highest BCUT2D eigenvalue weighted by atomic mass is 16.5. The fourth-order valence-corrected chi connectivity index (χ4v) is 1.71. The summed E-state index contributed by atoms with van der Waals surface area (Å²) in [4.78, 5) is 6.45. The number of morpholine rings is 1. The average molecular weight is 208 g/mol. The van der Waals surface area contributed by atoms with E-state index in [0.29, 0.717) is 6.61 Å². The molecule has 82 valence electrons. The second-order valence-corrected chi connectivity index (χ2v) is 3.78. The number of aromatic nitrogens is 1. The zero-order chi connectivity index (χ0) is 10.7. The number of aliphatic hydroxyl groups is 1. The molecule has 4 heteroatoms. The molecule has 0 aliphatic carbocycles. The maximum Gasteiger partial charge on any atom is 0.0980 e. The SMILES string of the molecule is Cc1ccc(N2CCOC(CO)C2)cn1. The molecule has 1 saturated heterocycles. The molecule has 1 N–H and O–H groups in total. The van der Waals surface area contributed by atoms with Gasteiger partial charge in [0.2, 0.25) is 0 Å². The van der Waals surface area contributed by atoms with Crippen molar-refractivity contribution in [1.82, 2.24) is 4.98 Å². The van der Waals surface area contributed by atoms with Gasteiger partial charge >= 0.3 is 0 Å². The van der Waals surface area contributed by atoms with Crippen LogP contribution in [0.25, 0.3) is 0 Å². The maximum absolute atomic E-state index is 9.03. The van der Waals surface area contributed by atoms with E-state index in [1.54, 1.807) is 0 Å². The van der Waals surface area contributed by atoms with E-state index in [4.69, 9.17) is 9.84 Å². The lowest BCUT2D eigenvalue weighted by Crippen LogP contribution is -2.44. The van der Waals surface area contributed by atoms with Crippen LogP contribution in [0.5, 0.6) is 0 Å². The first-order valence-corrected chi connectivity index (χ1v) is 5.19. The van der Waals surface area contributed by atoms with Crippen molar-refractivity contribution in [2.45, 2.75) is 13.0 Å². The number of aryl methyl sites for hydroxylation is 1. The lowest BCUT2D eigenvalue weighted by molar-refractivity contribution is 0.00355. The van der Waals surface area contributed by atoms with Crippen molar-refractivity contribution < 1.29 is 9.84 Å². The number of hydrogen-bond acceptors (Lipinski definition) is 4. The molecular formula is C11H16N2O2. The summed E-state index contributed by atoms with van der Waals surface area (Å²) >= 11 is 0. The second kappa shape index (κ2) is 4.59. The molecule has 0 bridgehead atoms. The third-order valence-electron chi connectivity index (χ3n) is 2.60. The van der Waals surface area contributed by atoms with E-state index < -0.39 is 0 Å². The van der Waals surface area contributed by atoms with Crippen LogP contribution in [0.2, 0.25) is 0 Å². The van der Waals surface area contributed by atoms with Gasteiger partial charge in [-0.25, -0.2) is 0 Å². The van der Waals surface area contributed by atoms with Crippen molar-refractivity contribution in [2.24, 2.45) is 0 Å². The highest BCUT2D eigenvalue weighted by Crippen LogP contribution is 2.16. The van der Waals surface area contributed by atoms with Gasteiger partial charge in [-0.1, -0.05) is 0 Å². The van der Waals surface area contributed by atoms with Crippen LogP contribution >= 0.6 is 0 Å². The average Bonchev–Trinajstić information content (AvgIpc) is 2.30. The van der Waals surface area contributed by atoms with Gasteiger partial charge in [-0.15, -0.1) is 0 Å². The molecule has 1 aliphatic heterocycles. The summed E-state index contributed by atoms with van der Waals surface area (Å²) < 4.78 is 5.39. The first-order chi connectivity index (χ1) is 7.29. The summed E-state index contributed by atoms with van der Waals surface area (Å²) in [6.07, 6.45) is 1.80. The smallest absolute Gasteiger partial charge is 0.0980 e. The largest absolute Gasteiger partial charge is 0.394 e. The molecule has 0 aromatic carbocycles. The van der Waals surface area contributed by atoms with Crippen LogP contribution in [0.3, 0.4) is 0 Å². The van der Waals surface area contributed by atoms with Gasteiger partial charge < -0.3 is 14.7 Å². The molecule has 0 radical (unpaired) electrons. The zero-order valence-electron chi connectivity index (χ0n) is 8.89. The highest BCUT2D eigenvalue weighted by Gasteiger charge is 2.19. The Labute approximate surface area is 89.5 Å². The molecule has 1 aromatic rings. The van der Waals surface area contributed by atoms with Gasteiger partial charge in [-0.05, 0) is 19.1 Å². The topological polar surface area (TPSA) is 45.6 Å². The Morgan fingerprint density at radius 1 is 1.60 bits per heavy atom. The van der Waals surface area contributed by atoms with Crippen LogP contribution in [0.1, 0.15) is 5.69 Å². The standard InChI is InChI=1S/C11H16N2O2/c1-9-2-3-10(6-12-9)13-4-5-15-11(7-13)8-14/h2-3,6,11,14H,4-5,7-8H2,1H3. The minimum Gasteiger partial charge on any atom is -0.394 e. The van der Waals surface area contributed by atoms with E-state index in [2.05, 4.69) is 16.0 Å². The fourth-order valence-electron chi connectivity index (χ4n) is 1.71. The van der Waals surface area contributed by atoms with E-state index in [0.717, 1.165) is 24.5 Å². The third-order valence-corrected chi connectivity index (χ3v) is 2.60. The highest BCUT2D eigenvalue weighted by molar-refractivity contribution is 5.44. The Hall–Kier alpha value is -1.13. The van der Waals surface area contributed by atoms with Gasteiger partial charge in [0.15, 0.2) is 0 Å². The minimum atomic E-state index is -0.0694. The number of rotatable bonds is 2. The molecule has 1 aliphatic rings. The number of aliphatic hydroxyl groups excluding tert-OH is 1. The van der Waals surface area contributed by atoms with E-state index in [9.17, 15) is 0 Å². The number of nitrogens with zero attached hydrogens (tertiary/aromatic N) is 2. The summed E-state index contributed by atoms with van der Waals surface area (Å²) in [6, 6.07) is 4.06. The molecule has 1 aromatic heterocycles. The summed E-state index contributed by atoms with van der Waals surface area (Å²) in [5.41, 5.74) is 2.12. The summed E-state index contributed by atoms with van der Waals surface area (Å²) in [5, 5.41) is 9.03. The van der Waals surface area contributed by atoms with Gasteiger partial charge in [-0.3, -0.25) is 4.98 Å². The molecule has 0 spiro atoms. The van der Waals surface area contributed by atoms with Gasteiger partial charge in [0.25, 0.3) is 0 Å². The normalized spacial score (nSPS) is 21.7. The van der Waals surface area contributed by atoms with Crippen molar-refractivity contribution in [3.8, 4) is 0 Å². The Morgan fingerprint density at radius 3 is 3.13 bits per heavy atom. The quantitative estimate of drug-likeness (QED) is 0.772. The van der Waals surface area contributed by atoms with Crippen LogP contribution in [0.15, 0.2) is 18.3 Å². The fraction of sp³-hybridized carbons (Fsp3) is 0.545. The maximum atomic E-state index is 9.03. The molecule has 15 heavy (non-hydrogen) atoms. The summed E-state index contributed by atoms with van der Waals surface area (Å²) in [5.74, 6) is 0. The van der Waals surface area contributed by atoms with Gasteiger partial charge in [0.1, 0.15) is 0 Å². The number of pyridine rings is 1. The summed E-state index contributed by atoms with van der Waals surface area (Å²) in [6.45, 7) is 4.32. The number of hydrogen-bond donors (Lipinski definition) is 1. The van der Waals surface area contributed by atoms with Gasteiger partial charge in [0.05, 0.1) is 31.2 Å². The second-order valence-electron chi connectivity index (χ2n) is 3.78. The van der Waals surface area contributed by atoms with Gasteiger partial charge in [-0.2, -0.15) is 0 Å². The molecule has 0 amide bonds. The third kappa shape index (κ3) is 2.46. The molecule has 1 unspecified atom stereocenters. The molecule has 1 fully saturated rings. The molecule has 0 saturated carbocycles. The Balaban J connectivity index is 2.06. The van der Waals surface area contributed by atoms with Crippen LogP contribution in [-0.4, -0.2) is 42.5 Å². The lowest BCUT2D eigenvalue weighted by atomic mass is 10.2. The molecule has 2 heterocycles. The Morgan fingerprint density at radius 2 is 2.47 bits per heavy atom. The Bertz CT molecular complexity index is 313. The van der Waals surface area contributed by atoms with Crippen molar-refractivity contribution in [1.29, 1.82) is 0 Å². The Kier molecular flexibility index (Phi) is 3.18. The molecular weight excluding hydrogens is 192 g/mol. The monoisotopic (exact) mass is 208 g/mol. The summed E-state index contributed by atoms with van der Waals surface area (Å²) in [7, 11) is 0. The van der Waals surface area contributed by atoms with Crippen LogP contribution in [0.4, 0.5) is 5.69 Å². The number of anilines is 1. The van der Waals surface area contributed by atoms with E-state index in [1.807, 2.05) is 19.2 Å². The van der Waals surface area contributed by atoms with Crippen molar-refractivity contribution in [2.75, 3.05) is 31.2 Å². The van der Waals surface area contributed by atoms with Crippen molar-refractivity contribution in [3.63, 3.8) is 0 Å². The molecule has 4 nitrogen and oxygen atoms in total.